The fourth-order valence-electron chi connectivity index (χ4n) is 2.25. The van der Waals surface area contributed by atoms with Crippen LogP contribution in [0.25, 0.3) is 0 Å². The Morgan fingerprint density at radius 3 is 2.45 bits per heavy atom. The van der Waals surface area contributed by atoms with Gasteiger partial charge >= 0.3 is 0 Å². The highest BCUT2D eigenvalue weighted by Gasteiger charge is 2.14. The molecular formula is C16H16ClF2N. The molecule has 20 heavy (non-hydrogen) atoms. The minimum atomic E-state index is -0.324. The Morgan fingerprint density at radius 2 is 1.80 bits per heavy atom. The summed E-state index contributed by atoms with van der Waals surface area (Å²) in [5, 5.41) is 0.405. The van der Waals surface area contributed by atoms with Gasteiger partial charge < -0.3 is 5.73 Å². The Kier molecular flexibility index (Phi) is 5.10. The van der Waals surface area contributed by atoms with Crippen LogP contribution in [0.3, 0.4) is 0 Å². The highest BCUT2D eigenvalue weighted by molar-refractivity contribution is 6.31. The minimum Gasteiger partial charge on any atom is -0.330 e. The molecule has 0 saturated carbocycles. The van der Waals surface area contributed by atoms with Crippen LogP contribution in [-0.2, 0) is 12.8 Å². The van der Waals surface area contributed by atoms with Gasteiger partial charge in [0.25, 0.3) is 0 Å². The molecule has 106 valence electrons. The van der Waals surface area contributed by atoms with Crippen molar-refractivity contribution in [3.8, 4) is 0 Å². The van der Waals surface area contributed by atoms with E-state index in [0.29, 0.717) is 30.0 Å². The summed E-state index contributed by atoms with van der Waals surface area (Å²) in [6, 6.07) is 11.0. The molecule has 0 spiro atoms. The molecule has 4 heteroatoms. The predicted octanol–water partition coefficient (Wildman–Crippen LogP) is 3.98. The first-order valence-corrected chi connectivity index (χ1v) is 6.85. The average Bonchev–Trinajstić information content (AvgIpc) is 2.42. The summed E-state index contributed by atoms with van der Waals surface area (Å²) in [5.41, 5.74) is 7.08. The Labute approximate surface area is 122 Å². The number of hydrogen-bond donors (Lipinski definition) is 1. The van der Waals surface area contributed by atoms with Gasteiger partial charge in [0.05, 0.1) is 0 Å². The molecule has 1 unspecified atom stereocenters. The zero-order chi connectivity index (χ0) is 14.5. The van der Waals surface area contributed by atoms with Crippen LogP contribution in [-0.4, -0.2) is 6.54 Å². The highest BCUT2D eigenvalue weighted by Crippen LogP contribution is 2.23. The molecule has 0 aliphatic heterocycles. The lowest BCUT2D eigenvalue weighted by Crippen LogP contribution is -2.20. The quantitative estimate of drug-likeness (QED) is 0.887. The van der Waals surface area contributed by atoms with Crippen molar-refractivity contribution < 1.29 is 8.78 Å². The van der Waals surface area contributed by atoms with Gasteiger partial charge in [0, 0.05) is 10.6 Å². The first-order valence-electron chi connectivity index (χ1n) is 6.47. The van der Waals surface area contributed by atoms with Crippen LogP contribution >= 0.6 is 11.6 Å². The number of benzene rings is 2. The summed E-state index contributed by atoms with van der Waals surface area (Å²) in [5.74, 6) is -0.580. The molecule has 0 aliphatic rings. The Bertz CT molecular complexity index is 566. The standard InChI is InChI=1S/C16H16ClF2N/c17-15-5-2-6-16(19)14(15)9-12(10-20)7-11-3-1-4-13(18)8-11/h1-6,8,12H,7,9-10,20H2. The monoisotopic (exact) mass is 295 g/mol. The normalized spacial score (nSPS) is 12.4. The maximum absolute atomic E-state index is 13.8. The number of hydrogen-bond acceptors (Lipinski definition) is 1. The fourth-order valence-corrected chi connectivity index (χ4v) is 2.49. The molecule has 0 radical (unpaired) electrons. The first-order chi connectivity index (χ1) is 9.60. The summed E-state index contributed by atoms with van der Waals surface area (Å²) in [4.78, 5) is 0. The van der Waals surface area contributed by atoms with Crippen LogP contribution in [0.4, 0.5) is 8.78 Å². The third-order valence-corrected chi connectivity index (χ3v) is 3.66. The van der Waals surface area contributed by atoms with Gasteiger partial charge in [-0.1, -0.05) is 29.8 Å². The van der Waals surface area contributed by atoms with Gasteiger partial charge in [-0.05, 0) is 55.1 Å². The molecule has 0 amide bonds. The lowest BCUT2D eigenvalue weighted by Gasteiger charge is -2.16. The smallest absolute Gasteiger partial charge is 0.127 e. The maximum atomic E-state index is 13.8. The lowest BCUT2D eigenvalue weighted by molar-refractivity contribution is 0.510. The van der Waals surface area contributed by atoms with E-state index in [1.807, 2.05) is 6.07 Å². The predicted molar refractivity (Wildman–Crippen MR) is 77.8 cm³/mol. The van der Waals surface area contributed by atoms with Crippen molar-refractivity contribution in [3.63, 3.8) is 0 Å². The first kappa shape index (κ1) is 14.9. The Balaban J connectivity index is 2.13. The number of halogens is 3. The maximum Gasteiger partial charge on any atom is 0.127 e. The van der Waals surface area contributed by atoms with Gasteiger partial charge in [-0.2, -0.15) is 0 Å². The van der Waals surface area contributed by atoms with Crippen molar-refractivity contribution in [2.75, 3.05) is 6.54 Å². The van der Waals surface area contributed by atoms with E-state index < -0.39 is 0 Å². The summed E-state index contributed by atoms with van der Waals surface area (Å²) < 4.78 is 26.9. The van der Waals surface area contributed by atoms with Gasteiger partial charge in [0.1, 0.15) is 11.6 Å². The molecule has 0 bridgehead atoms. The molecule has 0 fully saturated rings. The van der Waals surface area contributed by atoms with E-state index in [1.165, 1.54) is 18.2 Å². The molecule has 2 rings (SSSR count). The SMILES string of the molecule is NCC(Cc1cccc(F)c1)Cc1c(F)cccc1Cl. The van der Waals surface area contributed by atoms with Crippen molar-refractivity contribution in [2.45, 2.75) is 12.8 Å². The summed E-state index contributed by atoms with van der Waals surface area (Å²) >= 11 is 6.02. The Morgan fingerprint density at radius 1 is 1.05 bits per heavy atom. The summed E-state index contributed by atoms with van der Waals surface area (Å²) in [6.45, 7) is 0.390. The van der Waals surface area contributed by atoms with Crippen molar-refractivity contribution in [3.05, 3.63) is 70.2 Å². The number of nitrogens with two attached hydrogens (primary N) is 1. The molecule has 2 aromatic rings. The third-order valence-electron chi connectivity index (χ3n) is 3.30. The van der Waals surface area contributed by atoms with Crippen LogP contribution in [0.5, 0.6) is 0 Å². The van der Waals surface area contributed by atoms with E-state index in [2.05, 4.69) is 0 Å². The van der Waals surface area contributed by atoms with Crippen LogP contribution in [0, 0.1) is 17.6 Å². The molecule has 1 atom stereocenters. The topological polar surface area (TPSA) is 26.0 Å². The zero-order valence-corrected chi connectivity index (χ0v) is 11.7. The Hall–Kier alpha value is -1.45. The second kappa shape index (κ2) is 6.82. The largest absolute Gasteiger partial charge is 0.330 e. The molecule has 0 heterocycles. The van der Waals surface area contributed by atoms with Gasteiger partial charge in [-0.15, -0.1) is 0 Å². The minimum absolute atomic E-state index is 0.0196. The molecule has 2 aromatic carbocycles. The molecule has 1 nitrogen and oxygen atoms in total. The molecule has 0 aromatic heterocycles. The summed E-state index contributed by atoms with van der Waals surface area (Å²) in [6.07, 6.45) is 1.04. The van der Waals surface area contributed by atoms with Crippen molar-refractivity contribution in [1.82, 2.24) is 0 Å². The summed E-state index contributed by atoms with van der Waals surface area (Å²) in [7, 11) is 0. The van der Waals surface area contributed by atoms with Crippen molar-refractivity contribution >= 4 is 11.6 Å². The van der Waals surface area contributed by atoms with E-state index >= 15 is 0 Å². The van der Waals surface area contributed by atoms with E-state index in [1.54, 1.807) is 18.2 Å². The van der Waals surface area contributed by atoms with E-state index in [-0.39, 0.29) is 17.6 Å². The van der Waals surface area contributed by atoms with Gasteiger partial charge in [0.2, 0.25) is 0 Å². The second-order valence-electron chi connectivity index (χ2n) is 4.84. The van der Waals surface area contributed by atoms with E-state index in [4.69, 9.17) is 17.3 Å². The molecule has 0 saturated heterocycles. The molecular weight excluding hydrogens is 280 g/mol. The van der Waals surface area contributed by atoms with Crippen LogP contribution in [0.2, 0.25) is 5.02 Å². The average molecular weight is 296 g/mol. The molecule has 2 N–H and O–H groups in total. The van der Waals surface area contributed by atoms with Crippen LogP contribution in [0.15, 0.2) is 42.5 Å². The fraction of sp³-hybridized carbons (Fsp3) is 0.250. The molecule has 0 aliphatic carbocycles. The van der Waals surface area contributed by atoms with Crippen LogP contribution in [0.1, 0.15) is 11.1 Å². The highest BCUT2D eigenvalue weighted by atomic mass is 35.5. The van der Waals surface area contributed by atoms with E-state index in [9.17, 15) is 8.78 Å². The zero-order valence-electron chi connectivity index (χ0n) is 11.0. The van der Waals surface area contributed by atoms with E-state index in [0.717, 1.165) is 5.56 Å². The van der Waals surface area contributed by atoms with Gasteiger partial charge in [-0.3, -0.25) is 0 Å². The lowest BCUT2D eigenvalue weighted by atomic mass is 9.92. The van der Waals surface area contributed by atoms with Crippen molar-refractivity contribution in [1.29, 1.82) is 0 Å². The van der Waals surface area contributed by atoms with Crippen molar-refractivity contribution in [2.24, 2.45) is 11.7 Å². The third kappa shape index (κ3) is 3.78. The second-order valence-corrected chi connectivity index (χ2v) is 5.25. The van der Waals surface area contributed by atoms with Gasteiger partial charge in [-0.25, -0.2) is 8.78 Å². The van der Waals surface area contributed by atoms with Crippen LogP contribution < -0.4 is 5.73 Å². The number of rotatable bonds is 5. The van der Waals surface area contributed by atoms with Gasteiger partial charge in [0.15, 0.2) is 0 Å².